The lowest BCUT2D eigenvalue weighted by Crippen LogP contribution is -2.36. The summed E-state index contributed by atoms with van der Waals surface area (Å²) in [5.74, 6) is -0.863. The minimum absolute atomic E-state index is 0.145. The maximum atomic E-state index is 12.9. The van der Waals surface area contributed by atoms with E-state index >= 15 is 0 Å². The van der Waals surface area contributed by atoms with Gasteiger partial charge < -0.3 is 20.1 Å². The first-order chi connectivity index (χ1) is 19.6. The topological polar surface area (TPSA) is 114 Å². The monoisotopic (exact) mass is 677 g/mol. The zero-order chi connectivity index (χ0) is 29.5. The highest BCUT2D eigenvalue weighted by molar-refractivity contribution is 9.10. The van der Waals surface area contributed by atoms with E-state index in [1.54, 1.807) is 67.6 Å². The number of ether oxygens (including phenoxy) is 2. The smallest absolute Gasteiger partial charge is 0.294 e. The summed E-state index contributed by atoms with van der Waals surface area (Å²) < 4.78 is 12.0. The molecular weight excluding hydrogens is 657 g/mol. The van der Waals surface area contributed by atoms with Crippen LogP contribution in [0.3, 0.4) is 0 Å². The Morgan fingerprint density at radius 2 is 1.71 bits per heavy atom. The molecule has 41 heavy (non-hydrogen) atoms. The predicted molar refractivity (Wildman–Crippen MR) is 164 cm³/mol. The van der Waals surface area contributed by atoms with Crippen molar-refractivity contribution in [3.8, 4) is 11.5 Å². The van der Waals surface area contributed by atoms with Crippen LogP contribution in [0.4, 0.5) is 16.2 Å². The van der Waals surface area contributed by atoms with Crippen LogP contribution in [0.15, 0.2) is 70.0 Å². The van der Waals surface area contributed by atoms with Gasteiger partial charge in [0.25, 0.3) is 17.1 Å². The summed E-state index contributed by atoms with van der Waals surface area (Å²) in [5, 5.41) is 5.64. The molecule has 3 aromatic rings. The van der Waals surface area contributed by atoms with Gasteiger partial charge in [0.05, 0.1) is 16.5 Å². The van der Waals surface area contributed by atoms with Crippen LogP contribution < -0.4 is 20.1 Å². The molecular formula is C28H22BrCl2N3O6S. The van der Waals surface area contributed by atoms with Gasteiger partial charge in [0.1, 0.15) is 6.54 Å². The van der Waals surface area contributed by atoms with Gasteiger partial charge in [0.15, 0.2) is 18.1 Å². The predicted octanol–water partition coefficient (Wildman–Crippen LogP) is 6.85. The van der Waals surface area contributed by atoms with E-state index in [4.69, 9.17) is 32.7 Å². The van der Waals surface area contributed by atoms with E-state index in [2.05, 4.69) is 26.6 Å². The number of nitrogens with one attached hydrogen (secondary N) is 2. The first kappa shape index (κ1) is 30.4. The zero-order valence-electron chi connectivity index (χ0n) is 21.4. The first-order valence-corrected chi connectivity index (χ1v) is 14.4. The molecule has 0 spiro atoms. The second-order valence-electron chi connectivity index (χ2n) is 8.43. The Labute approximate surface area is 258 Å². The van der Waals surface area contributed by atoms with Crippen LogP contribution in [0.1, 0.15) is 12.5 Å². The number of thioether (sulfide) groups is 1. The fraction of sp³-hybridized carbons (Fsp3) is 0.143. The average Bonchev–Trinajstić information content (AvgIpc) is 3.17. The first-order valence-electron chi connectivity index (χ1n) is 12.1. The van der Waals surface area contributed by atoms with Crippen LogP contribution in [0.25, 0.3) is 6.08 Å². The third-order valence-corrected chi connectivity index (χ3v) is 7.79. The van der Waals surface area contributed by atoms with Gasteiger partial charge in [-0.05, 0) is 94.8 Å². The van der Waals surface area contributed by atoms with Crippen molar-refractivity contribution in [1.29, 1.82) is 0 Å². The number of amides is 4. The Balaban J connectivity index is 1.40. The van der Waals surface area contributed by atoms with Gasteiger partial charge in [0.2, 0.25) is 5.91 Å². The molecule has 4 rings (SSSR count). The zero-order valence-corrected chi connectivity index (χ0v) is 25.3. The standard InChI is InChI=1S/C28H22BrCl2N3O6S/c1-2-39-23-10-16(6-9-22(23)40-15-26(36)33-18-5-3-4-17(30)12-18)11-24-27(37)34(28(38)41-24)14-25(35)32-19-7-8-20(29)21(31)13-19/h3-13H,2,14-15H2,1H3,(H,32,35)(H,33,36)/b24-11+. The molecule has 0 saturated carbocycles. The molecule has 0 atom stereocenters. The molecule has 0 aliphatic carbocycles. The van der Waals surface area contributed by atoms with Gasteiger partial charge in [-0.15, -0.1) is 0 Å². The van der Waals surface area contributed by atoms with Gasteiger partial charge in [-0.25, -0.2) is 0 Å². The molecule has 1 fully saturated rings. The number of anilines is 2. The maximum Gasteiger partial charge on any atom is 0.294 e. The molecule has 0 bridgehead atoms. The normalized spacial score (nSPS) is 13.9. The van der Waals surface area contributed by atoms with Gasteiger partial charge >= 0.3 is 0 Å². The maximum absolute atomic E-state index is 12.9. The van der Waals surface area contributed by atoms with Crippen molar-refractivity contribution in [2.75, 3.05) is 30.4 Å². The van der Waals surface area contributed by atoms with E-state index in [0.717, 1.165) is 16.7 Å². The number of nitrogens with zero attached hydrogens (tertiary/aromatic N) is 1. The van der Waals surface area contributed by atoms with Gasteiger partial charge in [0, 0.05) is 20.9 Å². The molecule has 0 radical (unpaired) electrons. The van der Waals surface area contributed by atoms with Gasteiger partial charge in [-0.2, -0.15) is 0 Å². The molecule has 9 nitrogen and oxygen atoms in total. The molecule has 212 valence electrons. The van der Waals surface area contributed by atoms with E-state index < -0.39 is 23.6 Å². The van der Waals surface area contributed by atoms with Crippen molar-refractivity contribution in [2.24, 2.45) is 0 Å². The molecule has 3 aromatic carbocycles. The highest BCUT2D eigenvalue weighted by Gasteiger charge is 2.36. The van der Waals surface area contributed by atoms with Crippen LogP contribution in [0.5, 0.6) is 11.5 Å². The van der Waals surface area contributed by atoms with Crippen LogP contribution in [-0.4, -0.2) is 47.6 Å². The number of halogens is 3. The Bertz CT molecular complexity index is 1550. The highest BCUT2D eigenvalue weighted by Crippen LogP contribution is 2.35. The molecule has 1 aliphatic rings. The molecule has 1 aliphatic heterocycles. The molecule has 0 unspecified atom stereocenters. The summed E-state index contributed by atoms with van der Waals surface area (Å²) in [5.41, 5.74) is 1.53. The van der Waals surface area contributed by atoms with Crippen LogP contribution in [0.2, 0.25) is 10.0 Å². The van der Waals surface area contributed by atoms with Crippen molar-refractivity contribution < 1.29 is 28.7 Å². The van der Waals surface area contributed by atoms with Crippen LogP contribution in [-0.2, 0) is 14.4 Å². The summed E-state index contributed by atoms with van der Waals surface area (Å²) in [6.07, 6.45) is 1.52. The van der Waals surface area contributed by atoms with Crippen LogP contribution >= 0.6 is 50.9 Å². The quantitative estimate of drug-likeness (QED) is 0.226. The third kappa shape index (κ3) is 8.26. The Hall–Kier alpha value is -3.51. The molecule has 13 heteroatoms. The fourth-order valence-electron chi connectivity index (χ4n) is 3.61. The number of benzene rings is 3. The van der Waals surface area contributed by atoms with Crippen molar-refractivity contribution in [1.82, 2.24) is 4.90 Å². The summed E-state index contributed by atoms with van der Waals surface area (Å²) >= 11 is 16.0. The second-order valence-corrected chi connectivity index (χ2v) is 11.1. The molecule has 4 amide bonds. The Morgan fingerprint density at radius 3 is 2.44 bits per heavy atom. The molecule has 1 heterocycles. The summed E-state index contributed by atoms with van der Waals surface area (Å²) in [4.78, 5) is 51.3. The number of hydrogen-bond donors (Lipinski definition) is 2. The van der Waals surface area contributed by atoms with Crippen molar-refractivity contribution in [3.05, 3.63) is 85.7 Å². The summed E-state index contributed by atoms with van der Waals surface area (Å²) in [6, 6.07) is 16.5. The van der Waals surface area contributed by atoms with Crippen molar-refractivity contribution in [3.63, 3.8) is 0 Å². The lowest BCUT2D eigenvalue weighted by molar-refractivity contribution is -0.127. The average molecular weight is 679 g/mol. The lowest BCUT2D eigenvalue weighted by Gasteiger charge is -2.13. The van der Waals surface area contributed by atoms with E-state index in [-0.39, 0.29) is 17.4 Å². The fourth-order valence-corrected chi connectivity index (χ4v) is 5.07. The van der Waals surface area contributed by atoms with Crippen molar-refractivity contribution >= 4 is 91.3 Å². The number of hydrogen-bond acceptors (Lipinski definition) is 7. The summed E-state index contributed by atoms with van der Waals surface area (Å²) in [7, 11) is 0. The third-order valence-electron chi connectivity index (χ3n) is 5.41. The Kier molecular flexibility index (Phi) is 10.3. The van der Waals surface area contributed by atoms with E-state index in [1.807, 2.05) is 0 Å². The lowest BCUT2D eigenvalue weighted by atomic mass is 10.2. The largest absolute Gasteiger partial charge is 0.490 e. The minimum Gasteiger partial charge on any atom is -0.490 e. The second kappa shape index (κ2) is 13.9. The van der Waals surface area contributed by atoms with E-state index in [9.17, 15) is 19.2 Å². The highest BCUT2D eigenvalue weighted by atomic mass is 79.9. The van der Waals surface area contributed by atoms with Gasteiger partial charge in [-0.3, -0.25) is 24.1 Å². The number of imide groups is 1. The summed E-state index contributed by atoms with van der Waals surface area (Å²) in [6.45, 7) is 1.38. The molecule has 2 N–H and O–H groups in total. The number of rotatable bonds is 10. The van der Waals surface area contributed by atoms with Gasteiger partial charge in [-0.1, -0.05) is 35.3 Å². The van der Waals surface area contributed by atoms with E-state index in [1.165, 1.54) is 6.08 Å². The van der Waals surface area contributed by atoms with Crippen molar-refractivity contribution in [2.45, 2.75) is 6.92 Å². The minimum atomic E-state index is -0.597. The SMILES string of the molecule is CCOc1cc(/C=C2/SC(=O)N(CC(=O)Nc3ccc(Br)c(Cl)c3)C2=O)ccc1OCC(=O)Nc1cccc(Cl)c1. The molecule has 0 aromatic heterocycles. The Morgan fingerprint density at radius 1 is 0.951 bits per heavy atom. The van der Waals surface area contributed by atoms with Crippen LogP contribution in [0, 0.1) is 0 Å². The number of carbonyl (C=O) groups is 4. The van der Waals surface area contributed by atoms with E-state index in [0.29, 0.717) is 49.6 Å². The molecule has 1 saturated heterocycles. The number of carbonyl (C=O) groups excluding carboxylic acids is 4.